The third-order valence-electron chi connectivity index (χ3n) is 6.59. The van der Waals surface area contributed by atoms with Crippen molar-refractivity contribution in [1.82, 2.24) is 10.2 Å². The second-order valence-corrected chi connectivity index (χ2v) is 9.18. The Morgan fingerprint density at radius 1 is 1.06 bits per heavy atom. The highest BCUT2D eigenvalue weighted by Crippen LogP contribution is 2.44. The van der Waals surface area contributed by atoms with Crippen molar-refractivity contribution in [2.45, 2.75) is 51.0 Å². The molecule has 180 valence electrons. The summed E-state index contributed by atoms with van der Waals surface area (Å²) in [6.07, 6.45) is 2.54. The Labute approximate surface area is 200 Å². The maximum absolute atomic E-state index is 13.2. The van der Waals surface area contributed by atoms with E-state index in [1.165, 1.54) is 0 Å². The van der Waals surface area contributed by atoms with E-state index in [1.54, 1.807) is 4.90 Å². The highest BCUT2D eigenvalue weighted by molar-refractivity contribution is 5.86. The zero-order valence-corrected chi connectivity index (χ0v) is 19.5. The number of carboxylic acid groups (broad SMARTS) is 1. The lowest BCUT2D eigenvalue weighted by Crippen LogP contribution is -2.49. The maximum Gasteiger partial charge on any atom is 0.407 e. The second-order valence-electron chi connectivity index (χ2n) is 9.18. The van der Waals surface area contributed by atoms with Gasteiger partial charge in [0.05, 0.1) is 6.42 Å². The number of carbonyl (C=O) groups excluding carboxylic acids is 2. The van der Waals surface area contributed by atoms with Crippen LogP contribution in [0.15, 0.2) is 48.5 Å². The van der Waals surface area contributed by atoms with Gasteiger partial charge in [-0.1, -0.05) is 61.9 Å². The predicted molar refractivity (Wildman–Crippen MR) is 128 cm³/mol. The number of amides is 2. The highest BCUT2D eigenvalue weighted by Gasteiger charge is 2.32. The van der Waals surface area contributed by atoms with Gasteiger partial charge in [0, 0.05) is 19.0 Å². The Morgan fingerprint density at radius 2 is 1.68 bits per heavy atom. The molecule has 34 heavy (non-hydrogen) atoms. The molecule has 2 N–H and O–H groups in total. The minimum absolute atomic E-state index is 0.0552. The van der Waals surface area contributed by atoms with Crippen LogP contribution in [0.25, 0.3) is 11.1 Å². The van der Waals surface area contributed by atoms with Crippen molar-refractivity contribution in [3.05, 3.63) is 59.7 Å². The summed E-state index contributed by atoms with van der Waals surface area (Å²) in [4.78, 5) is 38.6. The van der Waals surface area contributed by atoms with E-state index in [4.69, 9.17) is 9.84 Å². The summed E-state index contributed by atoms with van der Waals surface area (Å²) in [5.41, 5.74) is 4.56. The normalized spacial score (nSPS) is 15.2. The number of rotatable bonds is 11. The fourth-order valence-electron chi connectivity index (χ4n) is 4.68. The average Bonchev–Trinajstić information content (AvgIpc) is 3.60. The van der Waals surface area contributed by atoms with Crippen LogP contribution in [-0.2, 0) is 14.3 Å². The fraction of sp³-hybridized carbons (Fsp3) is 0.444. The number of fused-ring (bicyclic) bond motifs is 3. The summed E-state index contributed by atoms with van der Waals surface area (Å²) < 4.78 is 5.62. The van der Waals surface area contributed by atoms with Crippen molar-refractivity contribution >= 4 is 18.0 Å². The number of benzene rings is 2. The van der Waals surface area contributed by atoms with E-state index in [9.17, 15) is 14.4 Å². The number of hydrogen-bond donors (Lipinski definition) is 2. The first kappa shape index (κ1) is 23.8. The molecule has 1 fully saturated rings. The van der Waals surface area contributed by atoms with Crippen molar-refractivity contribution in [3.63, 3.8) is 0 Å². The van der Waals surface area contributed by atoms with Gasteiger partial charge >= 0.3 is 12.1 Å². The summed E-state index contributed by atoms with van der Waals surface area (Å²) in [6.45, 7) is 2.82. The van der Waals surface area contributed by atoms with Gasteiger partial charge in [-0.25, -0.2) is 4.79 Å². The van der Waals surface area contributed by atoms with Gasteiger partial charge in [0.2, 0.25) is 5.91 Å². The van der Waals surface area contributed by atoms with Gasteiger partial charge in [-0.2, -0.15) is 0 Å². The van der Waals surface area contributed by atoms with Crippen LogP contribution in [0.1, 0.15) is 56.1 Å². The molecule has 0 unspecified atom stereocenters. The maximum atomic E-state index is 13.2. The molecular weight excluding hydrogens is 432 g/mol. The number of aliphatic carboxylic acids is 1. The summed E-state index contributed by atoms with van der Waals surface area (Å²) in [5, 5.41) is 11.8. The van der Waals surface area contributed by atoms with Gasteiger partial charge in [-0.15, -0.1) is 0 Å². The molecule has 1 atom stereocenters. The summed E-state index contributed by atoms with van der Waals surface area (Å²) >= 11 is 0. The first-order chi connectivity index (χ1) is 16.5. The fourth-order valence-corrected chi connectivity index (χ4v) is 4.68. The first-order valence-electron chi connectivity index (χ1n) is 12.1. The molecule has 2 amide bonds. The Bertz CT molecular complexity index is 1000. The molecule has 4 rings (SSSR count). The molecular formula is C27H32N2O5. The van der Waals surface area contributed by atoms with E-state index in [0.717, 1.165) is 35.1 Å². The van der Waals surface area contributed by atoms with Gasteiger partial charge in [0.1, 0.15) is 12.6 Å². The topological polar surface area (TPSA) is 95.9 Å². The third kappa shape index (κ3) is 5.58. The van der Waals surface area contributed by atoms with Crippen LogP contribution in [0, 0.1) is 5.92 Å². The molecule has 1 saturated carbocycles. The Morgan fingerprint density at radius 3 is 2.24 bits per heavy atom. The quantitative estimate of drug-likeness (QED) is 0.514. The monoisotopic (exact) mass is 464 g/mol. The molecule has 0 aromatic heterocycles. The van der Waals surface area contributed by atoms with Crippen LogP contribution in [0.3, 0.4) is 0 Å². The average molecular weight is 465 g/mol. The van der Waals surface area contributed by atoms with Crippen LogP contribution in [0.2, 0.25) is 0 Å². The van der Waals surface area contributed by atoms with Crippen LogP contribution >= 0.6 is 0 Å². The minimum atomic E-state index is -0.940. The van der Waals surface area contributed by atoms with Crippen LogP contribution < -0.4 is 5.32 Å². The molecule has 2 aliphatic carbocycles. The summed E-state index contributed by atoms with van der Waals surface area (Å²) in [7, 11) is 0. The molecule has 0 bridgehead atoms. The van der Waals surface area contributed by atoms with Crippen molar-refractivity contribution in [3.8, 4) is 11.1 Å². The highest BCUT2D eigenvalue weighted by atomic mass is 16.5. The standard InChI is InChI=1S/C27H32N2O5/c1-2-7-24(26(32)29(15-14-25(30)31)16-18-12-13-18)28-27(33)34-17-23-21-10-5-3-8-19(21)20-9-4-6-11-22(20)23/h3-6,8-11,18,23-24H,2,7,12-17H2,1H3,(H,28,33)(H,30,31)/t24-/m1/s1. The van der Waals surface area contributed by atoms with E-state index in [1.807, 2.05) is 31.2 Å². The van der Waals surface area contributed by atoms with E-state index in [2.05, 4.69) is 29.6 Å². The number of carboxylic acids is 1. The smallest absolute Gasteiger partial charge is 0.407 e. The van der Waals surface area contributed by atoms with E-state index in [0.29, 0.717) is 25.3 Å². The zero-order chi connectivity index (χ0) is 24.1. The predicted octanol–water partition coefficient (Wildman–Crippen LogP) is 4.41. The van der Waals surface area contributed by atoms with Gasteiger partial charge in [0.15, 0.2) is 0 Å². The van der Waals surface area contributed by atoms with Crippen molar-refractivity contribution in [2.24, 2.45) is 5.92 Å². The molecule has 2 aromatic rings. The summed E-state index contributed by atoms with van der Waals surface area (Å²) in [6, 6.07) is 15.5. The van der Waals surface area contributed by atoms with Crippen LogP contribution in [0.5, 0.6) is 0 Å². The van der Waals surface area contributed by atoms with Crippen molar-refractivity contribution < 1.29 is 24.2 Å². The lowest BCUT2D eigenvalue weighted by Gasteiger charge is -2.27. The summed E-state index contributed by atoms with van der Waals surface area (Å²) in [5.74, 6) is -0.802. The molecule has 0 radical (unpaired) electrons. The zero-order valence-electron chi connectivity index (χ0n) is 19.5. The minimum Gasteiger partial charge on any atom is -0.481 e. The molecule has 7 heteroatoms. The number of alkyl carbamates (subject to hydrolysis) is 1. The lowest BCUT2D eigenvalue weighted by molar-refractivity contribution is -0.139. The van der Waals surface area contributed by atoms with Crippen LogP contribution in [-0.4, -0.2) is 53.7 Å². The SMILES string of the molecule is CCC[C@@H](NC(=O)OCC1c2ccccc2-c2ccccc21)C(=O)N(CCC(=O)O)CC1CC1. The van der Waals surface area contributed by atoms with Gasteiger partial charge < -0.3 is 20.1 Å². The van der Waals surface area contributed by atoms with E-state index < -0.39 is 18.1 Å². The molecule has 0 heterocycles. The Hall–Kier alpha value is -3.35. The third-order valence-corrected chi connectivity index (χ3v) is 6.59. The van der Waals surface area contributed by atoms with Gasteiger partial charge in [-0.3, -0.25) is 9.59 Å². The number of nitrogens with one attached hydrogen (secondary N) is 1. The largest absolute Gasteiger partial charge is 0.481 e. The van der Waals surface area contributed by atoms with Gasteiger partial charge in [0.25, 0.3) is 0 Å². The Balaban J connectivity index is 1.40. The number of ether oxygens (including phenoxy) is 1. The van der Waals surface area contributed by atoms with Gasteiger partial charge in [-0.05, 0) is 47.4 Å². The second kappa shape index (κ2) is 10.7. The Kier molecular flexibility index (Phi) is 7.50. The number of hydrogen-bond acceptors (Lipinski definition) is 4. The molecule has 7 nitrogen and oxygen atoms in total. The number of nitrogens with zero attached hydrogens (tertiary/aromatic N) is 1. The number of carbonyl (C=O) groups is 3. The molecule has 0 spiro atoms. The van der Waals surface area contributed by atoms with E-state index in [-0.39, 0.29) is 31.4 Å². The molecule has 2 aliphatic rings. The molecule has 2 aromatic carbocycles. The first-order valence-corrected chi connectivity index (χ1v) is 12.1. The van der Waals surface area contributed by atoms with Crippen molar-refractivity contribution in [1.29, 1.82) is 0 Å². The van der Waals surface area contributed by atoms with Crippen LogP contribution in [0.4, 0.5) is 4.79 Å². The van der Waals surface area contributed by atoms with E-state index >= 15 is 0 Å². The molecule has 0 saturated heterocycles. The molecule has 0 aliphatic heterocycles. The van der Waals surface area contributed by atoms with Crippen molar-refractivity contribution in [2.75, 3.05) is 19.7 Å². The lowest BCUT2D eigenvalue weighted by atomic mass is 9.98.